The van der Waals surface area contributed by atoms with Crippen LogP contribution in [0.3, 0.4) is 0 Å². The Balaban J connectivity index is 2.15. The van der Waals surface area contributed by atoms with Gasteiger partial charge in [-0.15, -0.1) is 0 Å². The summed E-state index contributed by atoms with van der Waals surface area (Å²) in [6.45, 7) is 0. The van der Waals surface area contributed by atoms with Gasteiger partial charge in [0.1, 0.15) is 0 Å². The predicted molar refractivity (Wildman–Crippen MR) is 82.8 cm³/mol. The molecule has 2 aromatic rings. The molecular weight excluding hydrogens is 285 g/mol. The van der Waals surface area contributed by atoms with Gasteiger partial charge in [-0.25, -0.2) is 0 Å². The van der Waals surface area contributed by atoms with Crippen LogP contribution in [-0.4, -0.2) is 7.07 Å². The van der Waals surface area contributed by atoms with Gasteiger partial charge < -0.3 is 0 Å². The number of nitrogen functional groups attached to an aromatic ring is 2. The Morgan fingerprint density at radius 1 is 1.00 bits per heavy atom. The van der Waals surface area contributed by atoms with E-state index >= 15 is 0 Å². The van der Waals surface area contributed by atoms with Crippen LogP contribution in [0.15, 0.2) is 34.4 Å². The fourth-order valence-corrected chi connectivity index (χ4v) is 2.79. The summed E-state index contributed by atoms with van der Waals surface area (Å²) in [6.07, 6.45) is 2.78. The summed E-state index contributed by atoms with van der Waals surface area (Å²) in [5, 5.41) is 8.02. The van der Waals surface area contributed by atoms with Gasteiger partial charge in [-0.1, -0.05) is 0 Å². The van der Waals surface area contributed by atoms with Crippen molar-refractivity contribution in [3.63, 3.8) is 0 Å². The molecule has 0 atom stereocenters. The predicted octanol–water partition coefficient (Wildman–Crippen LogP) is 0.823. The van der Waals surface area contributed by atoms with Crippen molar-refractivity contribution in [1.82, 2.24) is 0 Å². The van der Waals surface area contributed by atoms with E-state index in [0.717, 1.165) is 0 Å². The molecule has 0 aromatic heterocycles. The third kappa shape index (κ3) is 1.59. The molecule has 0 saturated heterocycles. The fourth-order valence-electron chi connectivity index (χ4n) is 2.79. The number of hydrogen-bond donors (Lipinski definition) is 2. The van der Waals surface area contributed by atoms with Gasteiger partial charge in [0.25, 0.3) is 0 Å². The van der Waals surface area contributed by atoms with Crippen LogP contribution in [0.25, 0.3) is 23.0 Å². The molecule has 0 amide bonds. The second kappa shape index (κ2) is 4.33. The second-order valence-corrected chi connectivity index (χ2v) is 5.11. The van der Waals surface area contributed by atoms with Gasteiger partial charge in [-0.3, -0.25) is 0 Å². The van der Waals surface area contributed by atoms with Crippen molar-refractivity contribution < 1.29 is 8.78 Å². The number of hydrogen-bond acceptors (Lipinski definition) is 4. The molecule has 0 radical (unpaired) electrons. The first-order chi connectivity index (χ1) is 10.6. The number of allylic oxidation sites excluding steroid dienone is 1. The van der Waals surface area contributed by atoms with Crippen molar-refractivity contribution in [3.05, 3.63) is 46.2 Å². The SMILES string of the molecule is Nc1ccc(-c2c3c(c(F)c4c2=CC=C4F)=NN=B3)cc1N. The van der Waals surface area contributed by atoms with Crippen molar-refractivity contribution in [3.8, 4) is 11.1 Å². The van der Waals surface area contributed by atoms with Crippen molar-refractivity contribution in [2.24, 2.45) is 10.1 Å². The molecule has 0 saturated carbocycles. The number of fused-ring (bicyclic) bond motifs is 2. The summed E-state index contributed by atoms with van der Waals surface area (Å²) in [6, 6.07) is 5.10. The maximum absolute atomic E-state index is 14.4. The van der Waals surface area contributed by atoms with Crippen LogP contribution in [-0.2, 0) is 0 Å². The van der Waals surface area contributed by atoms with E-state index in [-0.39, 0.29) is 10.9 Å². The van der Waals surface area contributed by atoms with Gasteiger partial charge >= 0.3 is 124 Å². The van der Waals surface area contributed by atoms with Gasteiger partial charge in [-0.05, 0) is 0 Å². The molecule has 4 rings (SSSR count). The van der Waals surface area contributed by atoms with E-state index in [1.54, 1.807) is 24.3 Å². The number of halogens is 2. The van der Waals surface area contributed by atoms with E-state index in [4.69, 9.17) is 11.5 Å². The number of benzene rings is 2. The molecule has 4 nitrogen and oxygen atoms in total. The number of anilines is 2. The van der Waals surface area contributed by atoms with Crippen LogP contribution < -0.4 is 27.5 Å². The molecule has 2 aromatic carbocycles. The van der Waals surface area contributed by atoms with Crippen LogP contribution in [0.4, 0.5) is 20.2 Å². The second-order valence-electron chi connectivity index (χ2n) is 5.11. The van der Waals surface area contributed by atoms with Crippen molar-refractivity contribution in [2.45, 2.75) is 0 Å². The van der Waals surface area contributed by atoms with E-state index in [1.807, 2.05) is 0 Å². The van der Waals surface area contributed by atoms with Crippen LogP contribution in [0.1, 0.15) is 5.56 Å². The summed E-state index contributed by atoms with van der Waals surface area (Å²) in [5.74, 6) is -1.32. The molecule has 2 aliphatic rings. The van der Waals surface area contributed by atoms with Crippen LogP contribution in [0.5, 0.6) is 0 Å². The average molecular weight is 294 g/mol. The Labute approximate surface area is 124 Å². The third-order valence-electron chi connectivity index (χ3n) is 3.85. The summed E-state index contributed by atoms with van der Waals surface area (Å²) in [5.41, 5.74) is 14.2. The fraction of sp³-hybridized carbons (Fsp3) is 0. The van der Waals surface area contributed by atoms with E-state index in [9.17, 15) is 8.78 Å². The van der Waals surface area contributed by atoms with Gasteiger partial charge in [0.05, 0.1) is 0 Å². The zero-order valence-corrected chi connectivity index (χ0v) is 11.3. The number of nitrogens with zero attached hydrogens (tertiary/aromatic N) is 2. The Morgan fingerprint density at radius 2 is 1.82 bits per heavy atom. The van der Waals surface area contributed by atoms with E-state index < -0.39 is 11.6 Å². The molecule has 1 aliphatic carbocycles. The number of nitrogens with two attached hydrogens (primary N) is 2. The molecule has 0 bridgehead atoms. The van der Waals surface area contributed by atoms with E-state index in [2.05, 4.69) is 10.1 Å². The Hall–Kier alpha value is -2.83. The van der Waals surface area contributed by atoms with Crippen molar-refractivity contribution in [1.29, 1.82) is 0 Å². The monoisotopic (exact) mass is 294 g/mol. The standard InChI is InChI=1S/C15H9BF2N4/c17-8-3-2-7-11(6-1-4-9(19)10(20)5-6)13-15(21-22-16-13)14(18)12(7)8/h1-5H,19-20H2. The zero-order chi connectivity index (χ0) is 15.4. The Bertz CT molecular complexity index is 1030. The summed E-state index contributed by atoms with van der Waals surface area (Å²) < 4.78 is 28.4. The number of rotatable bonds is 1. The first-order valence-corrected chi connectivity index (χ1v) is 6.57. The minimum atomic E-state index is -0.697. The van der Waals surface area contributed by atoms with Crippen LogP contribution in [0, 0.1) is 5.82 Å². The van der Waals surface area contributed by atoms with E-state index in [0.29, 0.717) is 33.2 Å². The molecule has 4 N–H and O–H groups in total. The van der Waals surface area contributed by atoms with Gasteiger partial charge in [-0.2, -0.15) is 0 Å². The maximum atomic E-state index is 14.4. The van der Waals surface area contributed by atoms with Crippen molar-refractivity contribution >= 4 is 35.8 Å². The van der Waals surface area contributed by atoms with Crippen LogP contribution in [0.2, 0.25) is 0 Å². The molecule has 0 unspecified atom stereocenters. The quantitative estimate of drug-likeness (QED) is 0.603. The minimum absolute atomic E-state index is 0.0444. The molecule has 106 valence electrons. The molecule has 0 fully saturated rings. The molecule has 7 heteroatoms. The molecule has 22 heavy (non-hydrogen) atoms. The topological polar surface area (TPSA) is 76.8 Å². The Morgan fingerprint density at radius 3 is 2.59 bits per heavy atom. The molecule has 1 heterocycles. The summed E-state index contributed by atoms with van der Waals surface area (Å²) in [4.78, 5) is 0. The molecular formula is C15H9BF2N4. The zero-order valence-electron chi connectivity index (χ0n) is 11.3. The third-order valence-corrected chi connectivity index (χ3v) is 3.85. The van der Waals surface area contributed by atoms with E-state index in [1.165, 1.54) is 13.1 Å². The van der Waals surface area contributed by atoms with Gasteiger partial charge in [0, 0.05) is 0 Å². The average Bonchev–Trinajstić information content (AvgIpc) is 3.11. The summed E-state index contributed by atoms with van der Waals surface area (Å²) >= 11 is 0. The van der Waals surface area contributed by atoms with Gasteiger partial charge in [0.2, 0.25) is 0 Å². The normalized spacial score (nSPS) is 13.8. The van der Waals surface area contributed by atoms with Crippen LogP contribution >= 0.6 is 0 Å². The van der Waals surface area contributed by atoms with Gasteiger partial charge in [0.15, 0.2) is 0 Å². The first kappa shape index (κ1) is 12.9. The molecule has 1 aliphatic heterocycles. The Kier molecular flexibility index (Phi) is 2.54. The first-order valence-electron chi connectivity index (χ1n) is 6.57. The molecule has 0 spiro atoms. The van der Waals surface area contributed by atoms with Crippen molar-refractivity contribution in [2.75, 3.05) is 11.5 Å². The summed E-state index contributed by atoms with van der Waals surface area (Å²) in [7, 11) is 1.46.